The quantitative estimate of drug-likeness (QED) is 0.653. The zero-order valence-corrected chi connectivity index (χ0v) is 13.3. The molecule has 0 aromatic heterocycles. The molecule has 0 heterocycles. The van der Waals surface area contributed by atoms with Crippen molar-refractivity contribution in [2.75, 3.05) is 19.0 Å². The molecule has 0 aliphatic rings. The normalized spacial score (nSPS) is 11.3. The Morgan fingerprint density at radius 3 is 2.52 bits per heavy atom. The van der Waals surface area contributed by atoms with Gasteiger partial charge in [0.15, 0.2) is 0 Å². The molecule has 0 bridgehead atoms. The van der Waals surface area contributed by atoms with E-state index in [1.807, 2.05) is 30.5 Å². The lowest BCUT2D eigenvalue weighted by atomic mass is 10.3. The summed E-state index contributed by atoms with van der Waals surface area (Å²) in [4.78, 5) is 1.03. The van der Waals surface area contributed by atoms with E-state index < -0.39 is 10.0 Å². The third-order valence-corrected chi connectivity index (χ3v) is 5.10. The molecule has 0 atom stereocenters. The van der Waals surface area contributed by atoms with Crippen molar-refractivity contribution in [3.8, 4) is 11.5 Å². The van der Waals surface area contributed by atoms with E-state index in [0.717, 1.165) is 4.90 Å². The fraction of sp³-hybridized carbons (Fsp3) is 0.143. The molecule has 0 amide bonds. The zero-order valence-electron chi connectivity index (χ0n) is 11.7. The molecule has 7 heteroatoms. The predicted octanol–water partition coefficient (Wildman–Crippen LogP) is 2.69. The highest BCUT2D eigenvalue weighted by atomic mass is 32.2. The van der Waals surface area contributed by atoms with Crippen molar-refractivity contribution in [1.29, 1.82) is 0 Å². The molecule has 3 N–H and O–H groups in total. The standard InChI is InChI=1S/C14H16N2O3S2/c1-16-21(17,18)14-8-7-10(9-11(14)15)19-12-5-3-4-6-13(12)20-2/h3-9,16H,15H2,1-2H3. The number of hydrogen-bond donors (Lipinski definition) is 2. The number of rotatable bonds is 5. The first-order valence-electron chi connectivity index (χ1n) is 6.12. The van der Waals surface area contributed by atoms with Gasteiger partial charge < -0.3 is 10.5 Å². The molecule has 0 saturated carbocycles. The average molecular weight is 324 g/mol. The highest BCUT2D eigenvalue weighted by Gasteiger charge is 2.16. The first-order valence-corrected chi connectivity index (χ1v) is 8.82. The SMILES string of the molecule is CNS(=O)(=O)c1ccc(Oc2ccccc2SC)cc1N. The van der Waals surface area contributed by atoms with Crippen molar-refractivity contribution in [2.24, 2.45) is 0 Å². The highest BCUT2D eigenvalue weighted by Crippen LogP contribution is 2.33. The van der Waals surface area contributed by atoms with Gasteiger partial charge in [-0.1, -0.05) is 12.1 Å². The van der Waals surface area contributed by atoms with Gasteiger partial charge in [0.2, 0.25) is 10.0 Å². The van der Waals surface area contributed by atoms with Crippen LogP contribution in [0.1, 0.15) is 0 Å². The van der Waals surface area contributed by atoms with Crippen LogP contribution in [0.25, 0.3) is 0 Å². The van der Waals surface area contributed by atoms with Gasteiger partial charge >= 0.3 is 0 Å². The van der Waals surface area contributed by atoms with Crippen LogP contribution < -0.4 is 15.2 Å². The Labute approximate surface area is 128 Å². The number of nitrogens with one attached hydrogen (secondary N) is 1. The van der Waals surface area contributed by atoms with Gasteiger partial charge in [-0.25, -0.2) is 13.1 Å². The lowest BCUT2D eigenvalue weighted by Crippen LogP contribution is -2.19. The van der Waals surface area contributed by atoms with E-state index in [4.69, 9.17) is 10.5 Å². The number of nitrogens with two attached hydrogens (primary N) is 1. The monoisotopic (exact) mass is 324 g/mol. The van der Waals surface area contributed by atoms with Gasteiger partial charge in [0.05, 0.1) is 5.69 Å². The van der Waals surface area contributed by atoms with Crippen LogP contribution in [-0.4, -0.2) is 21.7 Å². The second-order valence-corrected chi connectivity index (χ2v) is 6.86. The minimum Gasteiger partial charge on any atom is -0.456 e. The third kappa shape index (κ3) is 3.49. The maximum Gasteiger partial charge on any atom is 0.242 e. The summed E-state index contributed by atoms with van der Waals surface area (Å²) in [7, 11) is -2.22. The van der Waals surface area contributed by atoms with Gasteiger partial charge in [-0.15, -0.1) is 11.8 Å². The molecule has 0 saturated heterocycles. The van der Waals surface area contributed by atoms with Gasteiger partial charge in [0, 0.05) is 11.0 Å². The second-order valence-electron chi connectivity index (χ2n) is 4.16. The maximum atomic E-state index is 11.8. The summed E-state index contributed by atoms with van der Waals surface area (Å²) < 4.78 is 31.5. The lowest BCUT2D eigenvalue weighted by molar-refractivity contribution is 0.471. The van der Waals surface area contributed by atoms with Crippen LogP contribution in [-0.2, 0) is 10.0 Å². The summed E-state index contributed by atoms with van der Waals surface area (Å²) in [5.41, 5.74) is 5.95. The Kier molecular flexibility index (Phi) is 4.76. The Morgan fingerprint density at radius 2 is 1.90 bits per heavy atom. The zero-order chi connectivity index (χ0) is 15.5. The Morgan fingerprint density at radius 1 is 1.19 bits per heavy atom. The molecule has 2 aromatic rings. The molecule has 0 unspecified atom stereocenters. The highest BCUT2D eigenvalue weighted by molar-refractivity contribution is 7.98. The molecule has 0 aliphatic carbocycles. The molecule has 5 nitrogen and oxygen atoms in total. The number of anilines is 1. The van der Waals surface area contributed by atoms with Gasteiger partial charge in [-0.05, 0) is 37.6 Å². The van der Waals surface area contributed by atoms with Crippen LogP contribution in [0.4, 0.5) is 5.69 Å². The predicted molar refractivity (Wildman–Crippen MR) is 85.4 cm³/mol. The molecule has 112 valence electrons. The fourth-order valence-corrected chi connectivity index (χ4v) is 3.14. The summed E-state index contributed by atoms with van der Waals surface area (Å²) in [5.74, 6) is 1.19. The summed E-state index contributed by atoms with van der Waals surface area (Å²) in [5, 5.41) is 0. The number of para-hydroxylation sites is 1. The van der Waals surface area contributed by atoms with Crippen molar-refractivity contribution < 1.29 is 13.2 Å². The van der Waals surface area contributed by atoms with Gasteiger partial charge in [0.1, 0.15) is 16.4 Å². The number of ether oxygens (including phenoxy) is 1. The average Bonchev–Trinajstić information content (AvgIpc) is 2.47. The Balaban J connectivity index is 2.33. The van der Waals surface area contributed by atoms with Crippen LogP contribution >= 0.6 is 11.8 Å². The number of sulfonamides is 1. The van der Waals surface area contributed by atoms with Gasteiger partial charge in [0.25, 0.3) is 0 Å². The van der Waals surface area contributed by atoms with Crippen molar-refractivity contribution in [1.82, 2.24) is 4.72 Å². The van der Waals surface area contributed by atoms with Crippen molar-refractivity contribution in [3.63, 3.8) is 0 Å². The number of nitrogen functional groups attached to an aromatic ring is 1. The van der Waals surface area contributed by atoms with E-state index in [1.165, 1.54) is 19.2 Å². The number of hydrogen-bond acceptors (Lipinski definition) is 5. The summed E-state index contributed by atoms with van der Waals surface area (Å²) in [6.45, 7) is 0. The fourth-order valence-electron chi connectivity index (χ4n) is 1.77. The molecule has 0 radical (unpaired) electrons. The van der Waals surface area contributed by atoms with E-state index >= 15 is 0 Å². The van der Waals surface area contributed by atoms with E-state index in [-0.39, 0.29) is 10.6 Å². The summed E-state index contributed by atoms with van der Waals surface area (Å²) in [6, 6.07) is 12.1. The molecule has 0 aliphatic heterocycles. The van der Waals surface area contributed by atoms with E-state index in [2.05, 4.69) is 4.72 Å². The number of thioether (sulfide) groups is 1. The van der Waals surface area contributed by atoms with Crippen LogP contribution in [0.15, 0.2) is 52.3 Å². The summed E-state index contributed by atoms with van der Waals surface area (Å²) >= 11 is 1.57. The number of benzene rings is 2. The smallest absolute Gasteiger partial charge is 0.242 e. The molecular formula is C14H16N2O3S2. The van der Waals surface area contributed by atoms with Crippen molar-refractivity contribution >= 4 is 27.5 Å². The molecule has 21 heavy (non-hydrogen) atoms. The van der Waals surface area contributed by atoms with Crippen LogP contribution in [0, 0.1) is 0 Å². The first-order chi connectivity index (χ1) is 9.97. The molecule has 2 aromatic carbocycles. The molecule has 0 spiro atoms. The van der Waals surface area contributed by atoms with Crippen LogP contribution in [0.2, 0.25) is 0 Å². The van der Waals surface area contributed by atoms with Crippen LogP contribution in [0.5, 0.6) is 11.5 Å². The van der Waals surface area contributed by atoms with Crippen molar-refractivity contribution in [3.05, 3.63) is 42.5 Å². The lowest BCUT2D eigenvalue weighted by Gasteiger charge is -2.11. The Bertz CT molecular complexity index is 746. The summed E-state index contributed by atoms with van der Waals surface area (Å²) in [6.07, 6.45) is 1.96. The van der Waals surface area contributed by atoms with E-state index in [1.54, 1.807) is 17.8 Å². The minimum absolute atomic E-state index is 0.0375. The van der Waals surface area contributed by atoms with Crippen LogP contribution in [0.3, 0.4) is 0 Å². The first kappa shape index (κ1) is 15.7. The van der Waals surface area contributed by atoms with E-state index in [9.17, 15) is 8.42 Å². The van der Waals surface area contributed by atoms with Gasteiger partial charge in [-0.2, -0.15) is 0 Å². The molecule has 0 fully saturated rings. The maximum absolute atomic E-state index is 11.8. The minimum atomic E-state index is -3.57. The molecular weight excluding hydrogens is 308 g/mol. The van der Waals surface area contributed by atoms with Gasteiger partial charge in [-0.3, -0.25) is 0 Å². The second kappa shape index (κ2) is 6.38. The third-order valence-electron chi connectivity index (χ3n) is 2.84. The molecule has 2 rings (SSSR count). The topological polar surface area (TPSA) is 81.4 Å². The largest absolute Gasteiger partial charge is 0.456 e. The Hall–Kier alpha value is -1.70. The van der Waals surface area contributed by atoms with Crippen molar-refractivity contribution in [2.45, 2.75) is 9.79 Å². The van der Waals surface area contributed by atoms with E-state index in [0.29, 0.717) is 11.5 Å².